The van der Waals surface area contributed by atoms with Gasteiger partial charge in [0, 0.05) is 13.0 Å². The van der Waals surface area contributed by atoms with Gasteiger partial charge in [-0.25, -0.2) is 9.59 Å². The first-order valence-electron chi connectivity index (χ1n) is 17.9. The molecule has 272 valence electrons. The zero-order chi connectivity index (χ0) is 36.6. The third-order valence-electron chi connectivity index (χ3n) is 7.70. The van der Waals surface area contributed by atoms with Gasteiger partial charge < -0.3 is 25.0 Å². The number of carbonyl (C=O) groups is 4. The topological polar surface area (TPSA) is 114 Å². The van der Waals surface area contributed by atoms with Crippen molar-refractivity contribution in [3.05, 3.63) is 71.8 Å². The van der Waals surface area contributed by atoms with Gasteiger partial charge in [0.05, 0.1) is 0 Å². The molecule has 2 N–H and O–H groups in total. The first-order chi connectivity index (χ1) is 23.0. The molecule has 0 aliphatic rings. The minimum absolute atomic E-state index is 0.0613. The Hall–Kier alpha value is -3.88. The quantitative estimate of drug-likeness (QED) is 0.122. The van der Waals surface area contributed by atoms with Crippen molar-refractivity contribution in [2.24, 2.45) is 5.92 Å². The summed E-state index contributed by atoms with van der Waals surface area (Å²) >= 11 is 0. The second kappa shape index (κ2) is 20.0. The number of hydrogen-bond donors (Lipinski definition) is 2. The zero-order valence-corrected chi connectivity index (χ0v) is 31.3. The van der Waals surface area contributed by atoms with E-state index in [-0.39, 0.29) is 18.2 Å². The number of carbonyl (C=O) groups excluding carboxylic acids is 4. The first kappa shape index (κ1) is 41.3. The third kappa shape index (κ3) is 15.9. The molecule has 0 saturated carbocycles. The fourth-order valence-electron chi connectivity index (χ4n) is 5.55. The summed E-state index contributed by atoms with van der Waals surface area (Å²) < 4.78 is 11.3. The van der Waals surface area contributed by atoms with Crippen LogP contribution >= 0.6 is 0 Å². The van der Waals surface area contributed by atoms with Crippen LogP contribution in [0.25, 0.3) is 0 Å². The summed E-state index contributed by atoms with van der Waals surface area (Å²) in [6, 6.07) is 15.5. The molecule has 3 unspecified atom stereocenters. The average Bonchev–Trinajstić information content (AvgIpc) is 3.00. The third-order valence-corrected chi connectivity index (χ3v) is 7.70. The van der Waals surface area contributed by atoms with Gasteiger partial charge in [-0.15, -0.1) is 0 Å². The van der Waals surface area contributed by atoms with Crippen LogP contribution in [-0.2, 0) is 30.3 Å². The molecule has 0 heterocycles. The highest BCUT2D eigenvalue weighted by molar-refractivity contribution is 5.94. The van der Waals surface area contributed by atoms with Gasteiger partial charge in [-0.2, -0.15) is 0 Å². The standard InChI is InChI=1S/C40H61N3O6/c1-10-11-12-13-14-21-26-43(36(45)32(27-29(2)3)42-38(47)49-40(7,8)9)34(31-24-19-16-20-25-31)35(44)41-33(37(46)48-39(4,5)6)28-30-22-17-15-18-23-30/h15-20,22-25,29,32-34H,10-14,21,26-28H2,1-9H3,(H,41,44)(H,42,47). The maximum atomic E-state index is 14.6. The van der Waals surface area contributed by atoms with E-state index in [1.807, 2.05) is 74.5 Å². The van der Waals surface area contributed by atoms with Gasteiger partial charge >= 0.3 is 12.1 Å². The second-order valence-corrected chi connectivity index (χ2v) is 15.2. The summed E-state index contributed by atoms with van der Waals surface area (Å²) in [5.41, 5.74) is -0.0708. The van der Waals surface area contributed by atoms with Crippen molar-refractivity contribution in [2.45, 2.75) is 143 Å². The summed E-state index contributed by atoms with van der Waals surface area (Å²) in [5, 5.41) is 5.78. The van der Waals surface area contributed by atoms with Crippen molar-refractivity contribution < 1.29 is 28.7 Å². The van der Waals surface area contributed by atoms with Crippen molar-refractivity contribution in [3.63, 3.8) is 0 Å². The molecule has 0 spiro atoms. The number of unbranched alkanes of at least 4 members (excludes halogenated alkanes) is 5. The van der Waals surface area contributed by atoms with Gasteiger partial charge in [-0.3, -0.25) is 9.59 Å². The molecule has 0 bridgehead atoms. The molecule has 2 aromatic carbocycles. The Labute approximate surface area is 294 Å². The van der Waals surface area contributed by atoms with Gasteiger partial charge in [-0.05, 0) is 71.4 Å². The van der Waals surface area contributed by atoms with Crippen LogP contribution in [-0.4, -0.2) is 58.6 Å². The van der Waals surface area contributed by atoms with E-state index < -0.39 is 47.3 Å². The van der Waals surface area contributed by atoms with Crippen molar-refractivity contribution in [1.29, 1.82) is 0 Å². The van der Waals surface area contributed by atoms with E-state index in [1.165, 1.54) is 0 Å². The van der Waals surface area contributed by atoms with Crippen molar-refractivity contribution >= 4 is 23.9 Å². The van der Waals surface area contributed by atoms with E-state index in [9.17, 15) is 19.2 Å². The molecule has 9 heteroatoms. The molecular weight excluding hydrogens is 618 g/mol. The molecule has 49 heavy (non-hydrogen) atoms. The number of amides is 3. The van der Waals surface area contributed by atoms with Crippen molar-refractivity contribution in [1.82, 2.24) is 15.5 Å². The summed E-state index contributed by atoms with van der Waals surface area (Å²) in [6.07, 6.45) is 5.80. The largest absolute Gasteiger partial charge is 0.458 e. The molecule has 9 nitrogen and oxygen atoms in total. The van der Waals surface area contributed by atoms with E-state index >= 15 is 0 Å². The maximum Gasteiger partial charge on any atom is 0.408 e. The highest BCUT2D eigenvalue weighted by Crippen LogP contribution is 2.26. The molecular formula is C40H61N3O6. The van der Waals surface area contributed by atoms with E-state index in [0.717, 1.165) is 37.7 Å². The molecule has 0 fully saturated rings. The molecule has 0 saturated heterocycles. The first-order valence-corrected chi connectivity index (χ1v) is 17.9. The minimum atomic E-state index is -1.07. The van der Waals surface area contributed by atoms with E-state index in [1.54, 1.807) is 46.4 Å². The lowest BCUT2D eigenvalue weighted by molar-refractivity contribution is -0.159. The molecule has 3 amide bonds. The molecule has 0 aromatic heterocycles. The van der Waals surface area contributed by atoms with Crippen molar-refractivity contribution in [3.8, 4) is 0 Å². The predicted octanol–water partition coefficient (Wildman–Crippen LogP) is 7.93. The number of ether oxygens (including phenoxy) is 2. The highest BCUT2D eigenvalue weighted by atomic mass is 16.6. The van der Waals surface area contributed by atoms with Crippen LogP contribution in [0.15, 0.2) is 60.7 Å². The number of nitrogens with zero attached hydrogens (tertiary/aromatic N) is 1. The lowest BCUT2D eigenvalue weighted by atomic mass is 9.98. The van der Waals surface area contributed by atoms with Gasteiger partial charge in [0.2, 0.25) is 11.8 Å². The predicted molar refractivity (Wildman–Crippen MR) is 195 cm³/mol. The van der Waals surface area contributed by atoms with Gasteiger partial charge in [-0.1, -0.05) is 114 Å². The van der Waals surface area contributed by atoms with Crippen LogP contribution in [0.4, 0.5) is 4.79 Å². The fourth-order valence-corrected chi connectivity index (χ4v) is 5.55. The Morgan fingerprint density at radius 2 is 1.27 bits per heavy atom. The van der Waals surface area contributed by atoms with Crippen LogP contribution in [0, 0.1) is 5.92 Å². The smallest absolute Gasteiger partial charge is 0.408 e. The molecule has 3 atom stereocenters. The number of nitrogens with one attached hydrogen (secondary N) is 2. The van der Waals surface area contributed by atoms with Crippen LogP contribution in [0.2, 0.25) is 0 Å². The van der Waals surface area contributed by atoms with E-state index in [4.69, 9.17) is 9.47 Å². The highest BCUT2D eigenvalue weighted by Gasteiger charge is 2.38. The lowest BCUT2D eigenvalue weighted by Crippen LogP contribution is -2.55. The summed E-state index contributed by atoms with van der Waals surface area (Å²) in [4.78, 5) is 57.3. The Kier molecular flexibility index (Phi) is 16.8. The van der Waals surface area contributed by atoms with Crippen LogP contribution in [0.3, 0.4) is 0 Å². The van der Waals surface area contributed by atoms with Crippen LogP contribution in [0.1, 0.15) is 124 Å². The molecule has 0 aliphatic carbocycles. The molecule has 0 aliphatic heterocycles. The summed E-state index contributed by atoms with van der Waals surface area (Å²) in [6.45, 7) is 17.1. The Morgan fingerprint density at radius 3 is 1.82 bits per heavy atom. The number of hydrogen-bond acceptors (Lipinski definition) is 6. The Morgan fingerprint density at radius 1 is 0.714 bits per heavy atom. The van der Waals surface area contributed by atoms with E-state index in [2.05, 4.69) is 17.6 Å². The monoisotopic (exact) mass is 679 g/mol. The average molecular weight is 680 g/mol. The fraction of sp³-hybridized carbons (Fsp3) is 0.600. The molecule has 2 aromatic rings. The number of benzene rings is 2. The Balaban J connectivity index is 2.57. The normalized spacial score (nSPS) is 13.6. The maximum absolute atomic E-state index is 14.6. The number of esters is 1. The van der Waals surface area contributed by atoms with Crippen LogP contribution in [0.5, 0.6) is 0 Å². The minimum Gasteiger partial charge on any atom is -0.458 e. The van der Waals surface area contributed by atoms with E-state index in [0.29, 0.717) is 24.9 Å². The SMILES string of the molecule is CCCCCCCCN(C(=O)C(CC(C)C)NC(=O)OC(C)(C)C)C(C(=O)NC(Cc1ccccc1)C(=O)OC(C)(C)C)c1ccccc1. The summed E-state index contributed by atoms with van der Waals surface area (Å²) in [5.74, 6) is -1.38. The number of rotatable bonds is 18. The van der Waals surface area contributed by atoms with Gasteiger partial charge in [0.25, 0.3) is 0 Å². The van der Waals surface area contributed by atoms with Gasteiger partial charge in [0.1, 0.15) is 29.3 Å². The lowest BCUT2D eigenvalue weighted by Gasteiger charge is -2.36. The Bertz CT molecular complexity index is 1300. The van der Waals surface area contributed by atoms with Crippen LogP contribution < -0.4 is 10.6 Å². The van der Waals surface area contributed by atoms with Gasteiger partial charge in [0.15, 0.2) is 0 Å². The zero-order valence-electron chi connectivity index (χ0n) is 31.3. The molecule has 0 radical (unpaired) electrons. The number of alkyl carbamates (subject to hydrolysis) is 1. The summed E-state index contributed by atoms with van der Waals surface area (Å²) in [7, 11) is 0. The van der Waals surface area contributed by atoms with Crippen molar-refractivity contribution in [2.75, 3.05) is 6.54 Å². The second-order valence-electron chi connectivity index (χ2n) is 15.2. The molecule has 2 rings (SSSR count).